The molecule has 6 rings (SSSR count). The molecule has 3 aromatic heterocycles. The lowest BCUT2D eigenvalue weighted by molar-refractivity contribution is 0.207. The van der Waals surface area contributed by atoms with Crippen LogP contribution in [-0.2, 0) is 15.8 Å². The second-order valence-electron chi connectivity index (χ2n) is 8.38. The number of rotatable bonds is 2. The maximum atomic E-state index is 7.04. The largest absolute Gasteiger partial charge is 0.495 e. The molecule has 4 N–H and O–H groups in total. The molecule has 0 aromatic carbocycles. The first-order valence-electron chi connectivity index (χ1n) is 10.6. The van der Waals surface area contributed by atoms with Crippen LogP contribution in [0.5, 0.6) is 11.5 Å². The Hall–Kier alpha value is -3.98. The summed E-state index contributed by atoms with van der Waals surface area (Å²) in [6, 6.07) is 5.88. The predicted octanol–water partition coefficient (Wildman–Crippen LogP) is 2.42. The fourth-order valence-corrected chi connectivity index (χ4v) is 4.94. The first kappa shape index (κ1) is 19.7. The number of nitrogens with zero attached hydrogens (tertiary/aromatic N) is 4. The molecule has 1 aliphatic carbocycles. The molecular formula is C24H22N6O3. The van der Waals surface area contributed by atoms with E-state index in [-0.39, 0.29) is 6.02 Å². The van der Waals surface area contributed by atoms with Crippen LogP contribution in [0.1, 0.15) is 24.1 Å². The van der Waals surface area contributed by atoms with Crippen molar-refractivity contribution >= 4 is 16.9 Å². The van der Waals surface area contributed by atoms with Crippen molar-refractivity contribution in [1.82, 2.24) is 15.0 Å². The third-order valence-electron chi connectivity index (χ3n) is 6.51. The number of nitrogens with two attached hydrogens (primary N) is 2. The van der Waals surface area contributed by atoms with Gasteiger partial charge in [-0.3, -0.25) is 15.0 Å². The number of allylic oxidation sites excluding steroid dienone is 1. The van der Waals surface area contributed by atoms with Crippen molar-refractivity contribution in [1.29, 1.82) is 0 Å². The molecule has 166 valence electrons. The molecule has 3 aliphatic rings. The molecule has 1 spiro atoms. The summed E-state index contributed by atoms with van der Waals surface area (Å²) >= 11 is 0. The smallest absolute Gasteiger partial charge is 0.283 e. The van der Waals surface area contributed by atoms with Gasteiger partial charge in [-0.25, -0.2) is 4.99 Å². The van der Waals surface area contributed by atoms with E-state index in [2.05, 4.69) is 15.0 Å². The number of hydrogen-bond donors (Lipinski definition) is 2. The number of aliphatic imine (C=N–C) groups is 1. The molecule has 0 fully saturated rings. The number of hydrogen-bond acceptors (Lipinski definition) is 9. The highest BCUT2D eigenvalue weighted by Gasteiger charge is 2.49. The van der Waals surface area contributed by atoms with Gasteiger partial charge in [0.15, 0.2) is 5.75 Å². The van der Waals surface area contributed by atoms with Gasteiger partial charge in [0.25, 0.3) is 6.02 Å². The second kappa shape index (κ2) is 7.01. The molecule has 2 atom stereocenters. The molecule has 0 amide bonds. The van der Waals surface area contributed by atoms with E-state index in [1.165, 1.54) is 0 Å². The molecule has 9 nitrogen and oxygen atoms in total. The monoisotopic (exact) mass is 442 g/mol. The highest BCUT2D eigenvalue weighted by Crippen LogP contribution is 2.53. The van der Waals surface area contributed by atoms with Crippen molar-refractivity contribution in [2.24, 2.45) is 16.5 Å². The number of ether oxygens (including phenoxy) is 3. The Kier molecular flexibility index (Phi) is 4.18. The van der Waals surface area contributed by atoms with E-state index < -0.39 is 11.1 Å². The molecule has 2 aliphatic heterocycles. The van der Waals surface area contributed by atoms with Crippen LogP contribution < -0.4 is 20.9 Å². The lowest BCUT2D eigenvalue weighted by Crippen LogP contribution is -2.46. The van der Waals surface area contributed by atoms with Crippen molar-refractivity contribution in [3.8, 4) is 11.5 Å². The summed E-state index contributed by atoms with van der Waals surface area (Å²) in [7, 11) is 1.61. The van der Waals surface area contributed by atoms with Crippen LogP contribution >= 0.6 is 0 Å². The summed E-state index contributed by atoms with van der Waals surface area (Å²) in [6.45, 7) is 0.434. The first-order valence-corrected chi connectivity index (χ1v) is 10.6. The fourth-order valence-electron chi connectivity index (χ4n) is 4.94. The zero-order chi connectivity index (χ0) is 22.6. The maximum Gasteiger partial charge on any atom is 0.283 e. The molecular weight excluding hydrogens is 420 g/mol. The minimum atomic E-state index is -0.927. The minimum Gasteiger partial charge on any atom is -0.495 e. The van der Waals surface area contributed by atoms with Gasteiger partial charge in [-0.15, -0.1) is 0 Å². The topological polar surface area (TPSA) is 131 Å². The van der Waals surface area contributed by atoms with Crippen LogP contribution in [0.15, 0.2) is 71.5 Å². The van der Waals surface area contributed by atoms with E-state index in [9.17, 15) is 0 Å². The average Bonchev–Trinajstić information content (AvgIpc) is 2.84. The van der Waals surface area contributed by atoms with E-state index in [1.807, 2.05) is 30.4 Å². The third kappa shape index (κ3) is 2.89. The number of pyridine rings is 3. The van der Waals surface area contributed by atoms with Gasteiger partial charge >= 0.3 is 0 Å². The van der Waals surface area contributed by atoms with Gasteiger partial charge in [0.05, 0.1) is 42.9 Å². The Morgan fingerprint density at radius 3 is 2.91 bits per heavy atom. The Morgan fingerprint density at radius 2 is 2.06 bits per heavy atom. The van der Waals surface area contributed by atoms with Gasteiger partial charge in [0.2, 0.25) is 0 Å². The van der Waals surface area contributed by atoms with Crippen LogP contribution in [0.2, 0.25) is 0 Å². The van der Waals surface area contributed by atoms with Crippen LogP contribution in [0, 0.1) is 0 Å². The Morgan fingerprint density at radius 1 is 1.15 bits per heavy atom. The van der Waals surface area contributed by atoms with Gasteiger partial charge in [-0.2, -0.15) is 0 Å². The summed E-state index contributed by atoms with van der Waals surface area (Å²) in [6.07, 6.45) is 11.7. The predicted molar refractivity (Wildman–Crippen MR) is 121 cm³/mol. The van der Waals surface area contributed by atoms with Crippen LogP contribution in [0.4, 0.5) is 0 Å². The number of amidine groups is 1. The minimum absolute atomic E-state index is 0.145. The molecule has 0 saturated heterocycles. The third-order valence-corrected chi connectivity index (χ3v) is 6.51. The van der Waals surface area contributed by atoms with Crippen molar-refractivity contribution in [2.75, 3.05) is 13.7 Å². The molecule has 2 unspecified atom stereocenters. The van der Waals surface area contributed by atoms with Gasteiger partial charge < -0.3 is 25.7 Å². The van der Waals surface area contributed by atoms with Crippen molar-refractivity contribution in [3.05, 3.63) is 77.7 Å². The van der Waals surface area contributed by atoms with Gasteiger partial charge in [0.1, 0.15) is 17.0 Å². The maximum absolute atomic E-state index is 7.04. The summed E-state index contributed by atoms with van der Waals surface area (Å²) < 4.78 is 17.0. The van der Waals surface area contributed by atoms with Gasteiger partial charge in [-0.1, -0.05) is 6.08 Å². The second-order valence-corrected chi connectivity index (χ2v) is 8.38. The Labute approximate surface area is 189 Å². The Balaban J connectivity index is 1.51. The van der Waals surface area contributed by atoms with Gasteiger partial charge in [-0.05, 0) is 24.3 Å². The molecule has 0 bridgehead atoms. The molecule has 3 aromatic rings. The summed E-state index contributed by atoms with van der Waals surface area (Å²) in [4.78, 5) is 18.3. The molecule has 5 heterocycles. The molecule has 0 saturated carbocycles. The average molecular weight is 442 g/mol. The highest BCUT2D eigenvalue weighted by molar-refractivity contribution is 5.83. The number of aromatic nitrogens is 3. The van der Waals surface area contributed by atoms with Crippen molar-refractivity contribution < 1.29 is 14.2 Å². The van der Waals surface area contributed by atoms with E-state index >= 15 is 0 Å². The molecule has 33 heavy (non-hydrogen) atoms. The van der Waals surface area contributed by atoms with E-state index in [0.29, 0.717) is 42.4 Å². The van der Waals surface area contributed by atoms with Crippen molar-refractivity contribution in [3.63, 3.8) is 0 Å². The highest BCUT2D eigenvalue weighted by atomic mass is 16.5. The van der Waals surface area contributed by atoms with Crippen LogP contribution in [0.3, 0.4) is 0 Å². The lowest BCUT2D eigenvalue weighted by atomic mass is 9.70. The summed E-state index contributed by atoms with van der Waals surface area (Å²) in [5, 5.41) is 0.900. The SMILES string of the molecule is COc1cnc2c(C3(N)C=CC4=C(C3)C3(CCOC(N)=N3)c3ccncc3O4)nccc2c1. The van der Waals surface area contributed by atoms with E-state index in [4.69, 9.17) is 30.7 Å². The quantitative estimate of drug-likeness (QED) is 0.619. The fraction of sp³-hybridized carbons (Fsp3) is 0.250. The standard InChI is InChI=1S/C24H22N6O3/c1-31-15-10-14-3-8-28-21(20(14)29-12-15)23(26)5-2-18-17(11-23)24(6-9-32-22(25)30-24)16-4-7-27-13-19(16)33-18/h2-5,7-8,10,12-13H,6,9,11,26H2,1H3,(H2,25,30). The lowest BCUT2D eigenvalue weighted by Gasteiger charge is -2.44. The van der Waals surface area contributed by atoms with E-state index in [0.717, 1.165) is 22.0 Å². The number of fused-ring (bicyclic) bond motifs is 4. The molecule has 0 radical (unpaired) electrons. The zero-order valence-electron chi connectivity index (χ0n) is 18.0. The summed E-state index contributed by atoms with van der Waals surface area (Å²) in [5.74, 6) is 2.03. The normalized spacial score (nSPS) is 25.7. The van der Waals surface area contributed by atoms with Crippen LogP contribution in [-0.4, -0.2) is 34.7 Å². The zero-order valence-corrected chi connectivity index (χ0v) is 18.0. The van der Waals surface area contributed by atoms with Gasteiger partial charge in [0, 0.05) is 41.8 Å². The van der Waals surface area contributed by atoms with E-state index in [1.54, 1.807) is 31.9 Å². The summed E-state index contributed by atoms with van der Waals surface area (Å²) in [5.41, 5.74) is 14.7. The Bertz CT molecular complexity index is 1380. The molecule has 9 heteroatoms. The van der Waals surface area contributed by atoms with Crippen LogP contribution in [0.25, 0.3) is 10.9 Å². The van der Waals surface area contributed by atoms with Crippen molar-refractivity contribution in [2.45, 2.75) is 23.9 Å². The first-order chi connectivity index (χ1) is 16.0. The number of methoxy groups -OCH3 is 1.